The molecule has 0 saturated carbocycles. The zero-order valence-electron chi connectivity index (χ0n) is 15.8. The van der Waals surface area contributed by atoms with Crippen LogP contribution in [0.5, 0.6) is 0 Å². The van der Waals surface area contributed by atoms with E-state index in [0.717, 1.165) is 25.7 Å². The highest BCUT2D eigenvalue weighted by molar-refractivity contribution is 5.61. The summed E-state index contributed by atoms with van der Waals surface area (Å²) in [7, 11) is 0. The third kappa shape index (κ3) is 11.9. The van der Waals surface area contributed by atoms with Gasteiger partial charge in [0.2, 0.25) is 0 Å². The Labute approximate surface area is 138 Å². The smallest absolute Gasteiger partial charge is 0.428 e. The van der Waals surface area contributed by atoms with Crippen molar-refractivity contribution in [2.75, 3.05) is 0 Å². The molecule has 0 aliphatic carbocycles. The maximum atomic E-state index is 12.0. The second-order valence-corrected chi connectivity index (χ2v) is 7.59. The van der Waals surface area contributed by atoms with Crippen LogP contribution in [0, 0.1) is 0 Å². The van der Waals surface area contributed by atoms with Gasteiger partial charge in [0.15, 0.2) is 0 Å². The number of unbranched alkanes of at least 4 members (excludes halogenated alkanes) is 6. The molecule has 0 N–H and O–H groups in total. The van der Waals surface area contributed by atoms with E-state index in [-0.39, 0.29) is 0 Å². The van der Waals surface area contributed by atoms with Gasteiger partial charge < -0.3 is 9.47 Å². The first-order valence-electron chi connectivity index (χ1n) is 9.14. The van der Waals surface area contributed by atoms with Gasteiger partial charge in [-0.25, -0.2) is 4.79 Å². The van der Waals surface area contributed by atoms with Crippen molar-refractivity contribution in [1.82, 2.24) is 0 Å². The van der Waals surface area contributed by atoms with Crippen LogP contribution in [0.1, 0.15) is 106 Å². The molecule has 0 aromatic carbocycles. The highest BCUT2D eigenvalue weighted by Gasteiger charge is 2.28. The first-order valence-corrected chi connectivity index (χ1v) is 9.14. The van der Waals surface area contributed by atoms with Crippen LogP contribution in [-0.2, 0) is 9.47 Å². The summed E-state index contributed by atoms with van der Waals surface area (Å²) < 4.78 is 11.0. The van der Waals surface area contributed by atoms with Gasteiger partial charge in [0.25, 0.3) is 0 Å². The van der Waals surface area contributed by atoms with Crippen LogP contribution in [0.15, 0.2) is 0 Å². The van der Waals surface area contributed by atoms with Crippen molar-refractivity contribution >= 4 is 6.16 Å². The summed E-state index contributed by atoms with van der Waals surface area (Å²) in [4.78, 5) is 12.0. The predicted molar refractivity (Wildman–Crippen MR) is 93.2 cm³/mol. The van der Waals surface area contributed by atoms with Gasteiger partial charge in [-0.3, -0.25) is 0 Å². The molecule has 3 nitrogen and oxygen atoms in total. The molecule has 0 fully saturated rings. The molecule has 0 aliphatic rings. The zero-order chi connectivity index (χ0) is 17.1. The third-order valence-electron chi connectivity index (χ3n) is 3.98. The van der Waals surface area contributed by atoms with Crippen molar-refractivity contribution < 1.29 is 14.3 Å². The summed E-state index contributed by atoms with van der Waals surface area (Å²) in [6.45, 7) is 12.3. The zero-order valence-corrected chi connectivity index (χ0v) is 15.8. The number of carbonyl (C=O) groups is 1. The van der Waals surface area contributed by atoms with E-state index in [0.29, 0.717) is 0 Å². The van der Waals surface area contributed by atoms with Crippen molar-refractivity contribution in [2.24, 2.45) is 0 Å². The monoisotopic (exact) mass is 314 g/mol. The first-order chi connectivity index (χ1) is 10.2. The van der Waals surface area contributed by atoms with Crippen LogP contribution in [-0.4, -0.2) is 17.4 Å². The Morgan fingerprint density at radius 3 is 1.36 bits per heavy atom. The number of hydrogen-bond donors (Lipinski definition) is 0. The molecule has 0 unspecified atom stereocenters. The third-order valence-corrected chi connectivity index (χ3v) is 3.98. The minimum Gasteiger partial charge on any atom is -0.428 e. The van der Waals surface area contributed by atoms with Crippen LogP contribution in [0.2, 0.25) is 0 Å². The molecular weight excluding hydrogens is 276 g/mol. The molecule has 0 heterocycles. The SMILES string of the molecule is CCCCCCC(C)(C)OC(=O)OC(C)(C)CCCCCC. The van der Waals surface area contributed by atoms with Gasteiger partial charge in [-0.1, -0.05) is 52.4 Å². The number of carbonyl (C=O) groups excluding carboxylic acids is 1. The lowest BCUT2D eigenvalue weighted by Gasteiger charge is -2.29. The molecule has 132 valence electrons. The highest BCUT2D eigenvalue weighted by atomic mass is 16.7. The molecule has 0 saturated heterocycles. The molecule has 3 heteroatoms. The van der Waals surface area contributed by atoms with Gasteiger partial charge in [-0.2, -0.15) is 0 Å². The average molecular weight is 315 g/mol. The van der Waals surface area contributed by atoms with Crippen molar-refractivity contribution in [3.63, 3.8) is 0 Å². The Morgan fingerprint density at radius 1 is 0.682 bits per heavy atom. The molecule has 0 rings (SSSR count). The highest BCUT2D eigenvalue weighted by Crippen LogP contribution is 2.24. The van der Waals surface area contributed by atoms with E-state index in [1.54, 1.807) is 0 Å². The lowest BCUT2D eigenvalue weighted by molar-refractivity contribution is -0.0645. The van der Waals surface area contributed by atoms with E-state index in [2.05, 4.69) is 13.8 Å². The lowest BCUT2D eigenvalue weighted by atomic mass is 9.99. The molecule has 0 aromatic rings. The fraction of sp³-hybridized carbons (Fsp3) is 0.947. The Hall–Kier alpha value is -0.730. The van der Waals surface area contributed by atoms with Gasteiger partial charge in [0.1, 0.15) is 11.2 Å². The quantitative estimate of drug-likeness (QED) is 0.299. The van der Waals surface area contributed by atoms with Crippen LogP contribution >= 0.6 is 0 Å². The number of ether oxygens (including phenoxy) is 2. The fourth-order valence-corrected chi connectivity index (χ4v) is 2.53. The Morgan fingerprint density at radius 2 is 1.05 bits per heavy atom. The summed E-state index contributed by atoms with van der Waals surface area (Å²) in [6, 6.07) is 0. The molecule has 0 radical (unpaired) electrons. The molecule has 0 bridgehead atoms. The Bertz CT molecular complexity index is 267. The molecule has 0 spiro atoms. The van der Waals surface area contributed by atoms with Crippen LogP contribution < -0.4 is 0 Å². The minimum atomic E-state index is -0.527. The summed E-state index contributed by atoms with van der Waals surface area (Å²) in [5, 5.41) is 0. The van der Waals surface area contributed by atoms with E-state index in [9.17, 15) is 4.79 Å². The van der Waals surface area contributed by atoms with Crippen LogP contribution in [0.3, 0.4) is 0 Å². The van der Waals surface area contributed by atoms with Crippen molar-refractivity contribution in [3.8, 4) is 0 Å². The normalized spacial score (nSPS) is 12.3. The summed E-state index contributed by atoms with van der Waals surface area (Å²) >= 11 is 0. The Kier molecular flexibility index (Phi) is 10.5. The van der Waals surface area contributed by atoms with Gasteiger partial charge >= 0.3 is 6.16 Å². The van der Waals surface area contributed by atoms with Crippen molar-refractivity contribution in [2.45, 2.75) is 117 Å². The largest absolute Gasteiger partial charge is 0.509 e. The lowest BCUT2D eigenvalue weighted by Crippen LogP contribution is -2.34. The maximum absolute atomic E-state index is 12.0. The van der Waals surface area contributed by atoms with Crippen molar-refractivity contribution in [1.29, 1.82) is 0 Å². The molecule has 0 aliphatic heterocycles. The standard InChI is InChI=1S/C19H38O3/c1-7-9-11-13-15-18(3,4)21-17(20)22-19(5,6)16-14-12-10-8-2/h7-16H2,1-6H3. The molecule has 0 atom stereocenters. The fourth-order valence-electron chi connectivity index (χ4n) is 2.53. The molecule has 0 amide bonds. The maximum Gasteiger partial charge on any atom is 0.509 e. The first kappa shape index (κ1) is 21.3. The molecule has 22 heavy (non-hydrogen) atoms. The van der Waals surface area contributed by atoms with E-state index in [1.165, 1.54) is 38.5 Å². The van der Waals surface area contributed by atoms with Gasteiger partial charge in [-0.05, 0) is 53.4 Å². The summed E-state index contributed by atoms with van der Waals surface area (Å²) in [6.07, 6.45) is 10.7. The van der Waals surface area contributed by atoms with E-state index in [1.807, 2.05) is 27.7 Å². The van der Waals surface area contributed by atoms with E-state index < -0.39 is 17.4 Å². The van der Waals surface area contributed by atoms with Crippen molar-refractivity contribution in [3.05, 3.63) is 0 Å². The van der Waals surface area contributed by atoms with E-state index >= 15 is 0 Å². The number of rotatable bonds is 12. The van der Waals surface area contributed by atoms with Gasteiger partial charge in [-0.15, -0.1) is 0 Å². The van der Waals surface area contributed by atoms with Gasteiger partial charge in [0.05, 0.1) is 0 Å². The molecular formula is C19H38O3. The van der Waals surface area contributed by atoms with Gasteiger partial charge in [0, 0.05) is 0 Å². The topological polar surface area (TPSA) is 35.5 Å². The van der Waals surface area contributed by atoms with Crippen LogP contribution in [0.4, 0.5) is 4.79 Å². The number of hydrogen-bond acceptors (Lipinski definition) is 3. The second kappa shape index (κ2) is 10.9. The van der Waals surface area contributed by atoms with Crippen LogP contribution in [0.25, 0.3) is 0 Å². The molecule has 0 aromatic heterocycles. The predicted octanol–water partition coefficient (Wildman–Crippen LogP) is 6.64. The average Bonchev–Trinajstić information content (AvgIpc) is 2.38. The summed E-state index contributed by atoms with van der Waals surface area (Å²) in [5.74, 6) is 0. The minimum absolute atomic E-state index is 0.441. The van der Waals surface area contributed by atoms with E-state index in [4.69, 9.17) is 9.47 Å². The Balaban J connectivity index is 4.07. The summed E-state index contributed by atoms with van der Waals surface area (Å²) in [5.41, 5.74) is -0.883. The second-order valence-electron chi connectivity index (χ2n) is 7.59.